The van der Waals surface area contributed by atoms with Crippen LogP contribution in [0.5, 0.6) is 0 Å². The largest absolute Gasteiger partial charge is 0.350 e. The van der Waals surface area contributed by atoms with E-state index in [0.29, 0.717) is 5.91 Å². The van der Waals surface area contributed by atoms with Crippen LogP contribution in [0.4, 0.5) is 0 Å². The summed E-state index contributed by atoms with van der Waals surface area (Å²) >= 11 is 0. The van der Waals surface area contributed by atoms with E-state index in [2.05, 4.69) is 13.8 Å². The summed E-state index contributed by atoms with van der Waals surface area (Å²) in [5, 5.41) is 0. The second kappa shape index (κ2) is 7.41. The molecule has 1 amide bonds. The van der Waals surface area contributed by atoms with E-state index in [9.17, 15) is 4.79 Å². The Bertz CT molecular complexity index is 297. The molecule has 20 heavy (non-hydrogen) atoms. The first-order chi connectivity index (χ1) is 9.71. The molecule has 2 saturated heterocycles. The second-order valence-electron chi connectivity index (χ2n) is 6.06. The monoisotopic (exact) mass is 283 g/mol. The van der Waals surface area contributed by atoms with Crippen molar-refractivity contribution in [1.82, 2.24) is 4.90 Å². The van der Waals surface area contributed by atoms with Gasteiger partial charge in [0.1, 0.15) is 0 Å². The highest BCUT2D eigenvalue weighted by molar-refractivity contribution is 5.78. The van der Waals surface area contributed by atoms with Crippen molar-refractivity contribution in [1.29, 1.82) is 0 Å². The zero-order valence-corrected chi connectivity index (χ0v) is 13.0. The van der Waals surface area contributed by atoms with Crippen molar-refractivity contribution in [2.75, 3.05) is 26.3 Å². The molecule has 0 N–H and O–H groups in total. The quantitative estimate of drug-likeness (QED) is 0.778. The molecular formula is C16H29NO3. The smallest absolute Gasteiger partial charge is 0.225 e. The third-order valence-electron chi connectivity index (χ3n) is 4.48. The van der Waals surface area contributed by atoms with E-state index in [-0.39, 0.29) is 11.7 Å². The second-order valence-corrected chi connectivity index (χ2v) is 6.06. The van der Waals surface area contributed by atoms with Crippen molar-refractivity contribution in [3.8, 4) is 0 Å². The lowest BCUT2D eigenvalue weighted by molar-refractivity contribution is -0.283. The van der Waals surface area contributed by atoms with Gasteiger partial charge in [0.05, 0.1) is 13.2 Å². The minimum absolute atomic E-state index is 0.215. The Labute approximate surface area is 122 Å². The van der Waals surface area contributed by atoms with Crippen LogP contribution in [0.1, 0.15) is 58.8 Å². The molecular weight excluding hydrogens is 254 g/mol. The van der Waals surface area contributed by atoms with E-state index in [0.717, 1.165) is 71.2 Å². The van der Waals surface area contributed by atoms with E-state index in [4.69, 9.17) is 9.47 Å². The van der Waals surface area contributed by atoms with Gasteiger partial charge in [-0.15, -0.1) is 0 Å². The molecule has 2 fully saturated rings. The molecule has 2 heterocycles. The van der Waals surface area contributed by atoms with Gasteiger partial charge in [-0.05, 0) is 19.3 Å². The number of piperidine rings is 1. The molecule has 0 atom stereocenters. The Morgan fingerprint density at radius 1 is 1.10 bits per heavy atom. The molecule has 4 heteroatoms. The van der Waals surface area contributed by atoms with Crippen LogP contribution in [0.15, 0.2) is 0 Å². The summed E-state index contributed by atoms with van der Waals surface area (Å²) in [7, 11) is 0. The normalized spacial score (nSPS) is 22.4. The maximum atomic E-state index is 12.6. The molecule has 4 nitrogen and oxygen atoms in total. The highest BCUT2D eigenvalue weighted by Crippen LogP contribution is 2.31. The van der Waals surface area contributed by atoms with Gasteiger partial charge in [0.25, 0.3) is 0 Å². The van der Waals surface area contributed by atoms with Crippen LogP contribution < -0.4 is 0 Å². The Balaban J connectivity index is 1.86. The number of carbonyl (C=O) groups is 1. The van der Waals surface area contributed by atoms with Crippen molar-refractivity contribution in [2.45, 2.75) is 64.6 Å². The first-order valence-corrected chi connectivity index (χ1v) is 8.27. The molecule has 0 aliphatic carbocycles. The third kappa shape index (κ3) is 3.73. The van der Waals surface area contributed by atoms with E-state index < -0.39 is 0 Å². The fourth-order valence-corrected chi connectivity index (χ4v) is 3.32. The first-order valence-electron chi connectivity index (χ1n) is 8.27. The van der Waals surface area contributed by atoms with Gasteiger partial charge < -0.3 is 14.4 Å². The molecule has 0 radical (unpaired) electrons. The number of hydrogen-bond donors (Lipinski definition) is 0. The maximum Gasteiger partial charge on any atom is 0.225 e. The summed E-state index contributed by atoms with van der Waals surface area (Å²) < 4.78 is 11.7. The zero-order valence-electron chi connectivity index (χ0n) is 13.0. The van der Waals surface area contributed by atoms with Gasteiger partial charge in [0, 0.05) is 31.8 Å². The molecule has 0 aromatic carbocycles. The molecule has 2 aliphatic heterocycles. The predicted molar refractivity (Wildman–Crippen MR) is 78.4 cm³/mol. The van der Waals surface area contributed by atoms with Gasteiger partial charge in [-0.2, -0.15) is 0 Å². The van der Waals surface area contributed by atoms with Crippen molar-refractivity contribution >= 4 is 5.91 Å². The summed E-state index contributed by atoms with van der Waals surface area (Å²) in [6, 6.07) is 0. The number of carbonyl (C=O) groups excluding carboxylic acids is 1. The minimum atomic E-state index is -0.389. The highest BCUT2D eigenvalue weighted by Gasteiger charge is 2.40. The Morgan fingerprint density at radius 3 is 2.15 bits per heavy atom. The van der Waals surface area contributed by atoms with E-state index in [1.165, 1.54) is 0 Å². The fraction of sp³-hybridized carbons (Fsp3) is 0.938. The Kier molecular flexibility index (Phi) is 5.85. The molecule has 116 valence electrons. The van der Waals surface area contributed by atoms with E-state index >= 15 is 0 Å². The molecule has 0 aromatic rings. The standard InChI is InChI=1S/C16H29NO3/c1-3-6-14(7-4-2)15(18)17-10-8-16(9-11-17)19-12-5-13-20-16/h14H,3-13H2,1-2H3. The molecule has 1 spiro atoms. The van der Waals surface area contributed by atoms with Crippen molar-refractivity contribution in [2.24, 2.45) is 5.92 Å². The lowest BCUT2D eigenvalue weighted by Crippen LogP contribution is -2.52. The highest BCUT2D eigenvalue weighted by atomic mass is 16.7. The molecule has 0 aromatic heterocycles. The third-order valence-corrected chi connectivity index (χ3v) is 4.48. The summed E-state index contributed by atoms with van der Waals surface area (Å²) in [6.45, 7) is 7.46. The maximum absolute atomic E-state index is 12.6. The van der Waals surface area contributed by atoms with Gasteiger partial charge >= 0.3 is 0 Å². The topological polar surface area (TPSA) is 38.8 Å². The zero-order chi connectivity index (χ0) is 14.4. The number of hydrogen-bond acceptors (Lipinski definition) is 3. The van der Waals surface area contributed by atoms with E-state index in [1.807, 2.05) is 4.90 Å². The van der Waals surface area contributed by atoms with Gasteiger partial charge in [0.2, 0.25) is 5.91 Å². The SMILES string of the molecule is CCCC(CCC)C(=O)N1CCC2(CC1)OCCCO2. The lowest BCUT2D eigenvalue weighted by Gasteiger charge is -2.44. The Morgan fingerprint density at radius 2 is 1.65 bits per heavy atom. The van der Waals surface area contributed by atoms with Crippen LogP contribution >= 0.6 is 0 Å². The van der Waals surface area contributed by atoms with Gasteiger partial charge in [-0.1, -0.05) is 26.7 Å². The van der Waals surface area contributed by atoms with Gasteiger partial charge in [-0.25, -0.2) is 0 Å². The molecule has 0 unspecified atom stereocenters. The number of likely N-dealkylation sites (tertiary alicyclic amines) is 1. The number of nitrogens with zero attached hydrogens (tertiary/aromatic N) is 1. The molecule has 0 bridgehead atoms. The summed E-state index contributed by atoms with van der Waals surface area (Å²) in [5.74, 6) is 0.173. The summed E-state index contributed by atoms with van der Waals surface area (Å²) in [4.78, 5) is 14.6. The number of rotatable bonds is 5. The van der Waals surface area contributed by atoms with Crippen molar-refractivity contribution < 1.29 is 14.3 Å². The van der Waals surface area contributed by atoms with E-state index in [1.54, 1.807) is 0 Å². The van der Waals surface area contributed by atoms with Crippen LogP contribution in [0, 0.1) is 5.92 Å². The molecule has 0 saturated carbocycles. The van der Waals surface area contributed by atoms with Gasteiger partial charge in [-0.3, -0.25) is 4.79 Å². The average Bonchev–Trinajstić information content (AvgIpc) is 2.48. The van der Waals surface area contributed by atoms with Crippen LogP contribution in [0.3, 0.4) is 0 Å². The van der Waals surface area contributed by atoms with Crippen LogP contribution in [-0.4, -0.2) is 42.9 Å². The first kappa shape index (κ1) is 15.8. The lowest BCUT2D eigenvalue weighted by atomic mass is 9.94. The van der Waals surface area contributed by atoms with Crippen LogP contribution in [-0.2, 0) is 14.3 Å². The Hall–Kier alpha value is -0.610. The molecule has 2 rings (SSSR count). The van der Waals surface area contributed by atoms with Crippen molar-refractivity contribution in [3.63, 3.8) is 0 Å². The minimum Gasteiger partial charge on any atom is -0.350 e. The van der Waals surface area contributed by atoms with Crippen LogP contribution in [0.25, 0.3) is 0 Å². The van der Waals surface area contributed by atoms with Crippen LogP contribution in [0.2, 0.25) is 0 Å². The van der Waals surface area contributed by atoms with Crippen molar-refractivity contribution in [3.05, 3.63) is 0 Å². The summed E-state index contributed by atoms with van der Waals surface area (Å²) in [5.41, 5.74) is 0. The number of ether oxygens (including phenoxy) is 2. The number of amides is 1. The summed E-state index contributed by atoms with van der Waals surface area (Å²) in [6.07, 6.45) is 6.83. The van der Waals surface area contributed by atoms with Gasteiger partial charge in [0.15, 0.2) is 5.79 Å². The fourth-order valence-electron chi connectivity index (χ4n) is 3.32. The predicted octanol–water partition coefficient (Wildman–Crippen LogP) is 2.96. The average molecular weight is 283 g/mol. The molecule has 2 aliphatic rings.